The van der Waals surface area contributed by atoms with E-state index in [-0.39, 0.29) is 28.2 Å². The molecule has 2 nitrogen and oxygen atoms in total. The lowest BCUT2D eigenvalue weighted by Crippen LogP contribution is -2.17. The van der Waals surface area contributed by atoms with Crippen molar-refractivity contribution in [1.29, 1.82) is 0 Å². The highest BCUT2D eigenvalue weighted by Gasteiger charge is 2.19. The molecule has 1 atom stereocenters. The summed E-state index contributed by atoms with van der Waals surface area (Å²) < 4.78 is 96.2. The Morgan fingerprint density at radius 3 is 2.02 bits per heavy atom. The standard InChI is InChI=1S/C32H26F6O2/c1-3-4-5-21-10-13-25(31(37)29(21)35)20-8-6-19(7-9-20)22-11-14-27(26(34)17-22)40-18-24(33)16-23-12-15-28(39-2)32(38)30(23)36/h3,6-15,17,24H,1,4-5,16,18H2,2H3. The first-order valence-corrected chi connectivity index (χ1v) is 12.5. The van der Waals surface area contributed by atoms with Gasteiger partial charge in [-0.15, -0.1) is 6.58 Å². The van der Waals surface area contributed by atoms with Crippen LogP contribution in [0.2, 0.25) is 0 Å². The lowest BCUT2D eigenvalue weighted by atomic mass is 9.98. The Bertz CT molecular complexity index is 1500. The number of hydrogen-bond donors (Lipinski definition) is 0. The second-order valence-electron chi connectivity index (χ2n) is 9.12. The van der Waals surface area contributed by atoms with E-state index in [0.717, 1.165) is 0 Å². The number of halogens is 6. The molecule has 0 bridgehead atoms. The zero-order valence-corrected chi connectivity index (χ0v) is 21.6. The highest BCUT2D eigenvalue weighted by molar-refractivity contribution is 5.71. The normalized spacial score (nSPS) is 11.8. The van der Waals surface area contributed by atoms with Gasteiger partial charge in [0.2, 0.25) is 5.82 Å². The summed E-state index contributed by atoms with van der Waals surface area (Å²) in [5.74, 6) is -5.50. The number of rotatable bonds is 11. The van der Waals surface area contributed by atoms with E-state index in [1.807, 2.05) is 0 Å². The zero-order chi connectivity index (χ0) is 28.8. The van der Waals surface area contributed by atoms with Crippen LogP contribution in [-0.4, -0.2) is 19.9 Å². The van der Waals surface area contributed by atoms with Crippen molar-refractivity contribution in [3.8, 4) is 33.8 Å². The smallest absolute Gasteiger partial charge is 0.200 e. The zero-order valence-electron chi connectivity index (χ0n) is 21.6. The number of allylic oxidation sites excluding steroid dienone is 1. The average molecular weight is 557 g/mol. The van der Waals surface area contributed by atoms with Gasteiger partial charge >= 0.3 is 0 Å². The van der Waals surface area contributed by atoms with Crippen molar-refractivity contribution in [3.05, 3.63) is 120 Å². The Hall–Kier alpha value is -4.20. The van der Waals surface area contributed by atoms with Crippen LogP contribution in [0.4, 0.5) is 26.3 Å². The van der Waals surface area contributed by atoms with Gasteiger partial charge in [0.05, 0.1) is 7.11 Å². The first kappa shape index (κ1) is 28.8. The lowest BCUT2D eigenvalue weighted by Gasteiger charge is -2.13. The number of benzene rings is 4. The third-order valence-corrected chi connectivity index (χ3v) is 6.45. The summed E-state index contributed by atoms with van der Waals surface area (Å²) in [6.45, 7) is 3.01. The maximum absolute atomic E-state index is 14.7. The molecule has 4 aromatic rings. The van der Waals surface area contributed by atoms with Gasteiger partial charge in [0.1, 0.15) is 12.8 Å². The SMILES string of the molecule is C=CCCc1ccc(-c2ccc(-c3ccc(OCC(F)Cc4ccc(OC)c(F)c4F)c(F)c3)cc2)c(F)c1F. The van der Waals surface area contributed by atoms with Gasteiger partial charge in [-0.3, -0.25) is 0 Å². The van der Waals surface area contributed by atoms with E-state index >= 15 is 0 Å². The number of methoxy groups -OCH3 is 1. The average Bonchev–Trinajstić information content (AvgIpc) is 2.96. The van der Waals surface area contributed by atoms with Crippen LogP contribution in [0.3, 0.4) is 0 Å². The molecule has 8 heteroatoms. The first-order chi connectivity index (χ1) is 19.2. The highest BCUT2D eigenvalue weighted by atomic mass is 19.2. The monoisotopic (exact) mass is 556 g/mol. The molecule has 1 unspecified atom stereocenters. The predicted molar refractivity (Wildman–Crippen MR) is 143 cm³/mol. The highest BCUT2D eigenvalue weighted by Crippen LogP contribution is 2.31. The van der Waals surface area contributed by atoms with E-state index in [1.54, 1.807) is 42.5 Å². The number of ether oxygens (including phenoxy) is 2. The predicted octanol–water partition coefficient (Wildman–Crippen LogP) is 8.80. The molecule has 0 amide bonds. The number of hydrogen-bond acceptors (Lipinski definition) is 2. The largest absolute Gasteiger partial charge is 0.494 e. The van der Waals surface area contributed by atoms with Crippen LogP contribution in [0.5, 0.6) is 11.5 Å². The van der Waals surface area contributed by atoms with Gasteiger partial charge in [-0.25, -0.2) is 22.0 Å². The molecule has 0 aliphatic rings. The van der Waals surface area contributed by atoms with Crippen molar-refractivity contribution in [1.82, 2.24) is 0 Å². The Morgan fingerprint density at radius 1 is 0.725 bits per heavy atom. The van der Waals surface area contributed by atoms with Gasteiger partial charge in [-0.1, -0.05) is 54.6 Å². The molecule has 0 spiro atoms. The van der Waals surface area contributed by atoms with E-state index in [4.69, 9.17) is 4.74 Å². The fourth-order valence-corrected chi connectivity index (χ4v) is 4.27. The first-order valence-electron chi connectivity index (χ1n) is 12.5. The quantitative estimate of drug-likeness (QED) is 0.136. The van der Waals surface area contributed by atoms with Crippen molar-refractivity contribution < 1.29 is 35.8 Å². The lowest BCUT2D eigenvalue weighted by molar-refractivity contribution is 0.188. The van der Waals surface area contributed by atoms with Gasteiger partial charge in [-0.2, -0.15) is 4.39 Å². The second kappa shape index (κ2) is 12.8. The van der Waals surface area contributed by atoms with Crippen molar-refractivity contribution in [2.24, 2.45) is 0 Å². The molecule has 0 radical (unpaired) electrons. The van der Waals surface area contributed by atoms with Gasteiger partial charge in [0.25, 0.3) is 0 Å². The number of aryl methyl sites for hydroxylation is 1. The maximum Gasteiger partial charge on any atom is 0.200 e. The minimum atomic E-state index is -1.73. The molecule has 0 aliphatic heterocycles. The van der Waals surface area contributed by atoms with Crippen molar-refractivity contribution in [2.45, 2.75) is 25.4 Å². The Balaban J connectivity index is 1.41. The molecule has 4 rings (SSSR count). The summed E-state index contributed by atoms with van der Waals surface area (Å²) in [4.78, 5) is 0. The molecular weight excluding hydrogens is 530 g/mol. The van der Waals surface area contributed by atoms with E-state index in [2.05, 4.69) is 11.3 Å². The van der Waals surface area contributed by atoms with Crippen LogP contribution < -0.4 is 9.47 Å². The summed E-state index contributed by atoms with van der Waals surface area (Å²) in [5, 5.41) is 0. The minimum Gasteiger partial charge on any atom is -0.494 e. The second-order valence-corrected chi connectivity index (χ2v) is 9.12. The molecule has 0 saturated carbocycles. The molecule has 0 saturated heterocycles. The van der Waals surface area contributed by atoms with Crippen molar-refractivity contribution in [3.63, 3.8) is 0 Å². The van der Waals surface area contributed by atoms with E-state index in [1.165, 1.54) is 37.4 Å². The van der Waals surface area contributed by atoms with Crippen LogP contribution in [0.15, 0.2) is 79.4 Å². The molecule has 208 valence electrons. The molecule has 40 heavy (non-hydrogen) atoms. The number of alkyl halides is 1. The summed E-state index contributed by atoms with van der Waals surface area (Å²) in [5.41, 5.74) is 1.74. The fourth-order valence-electron chi connectivity index (χ4n) is 4.27. The molecule has 4 aromatic carbocycles. The van der Waals surface area contributed by atoms with Gasteiger partial charge in [0, 0.05) is 12.0 Å². The van der Waals surface area contributed by atoms with Crippen LogP contribution in [0.25, 0.3) is 22.3 Å². The van der Waals surface area contributed by atoms with E-state index in [0.29, 0.717) is 29.5 Å². The van der Waals surface area contributed by atoms with Crippen LogP contribution in [0.1, 0.15) is 17.5 Å². The molecule has 0 N–H and O–H groups in total. The summed E-state index contributed by atoms with van der Waals surface area (Å²) >= 11 is 0. The molecule has 0 heterocycles. The molecular formula is C32H26F6O2. The molecule has 0 fully saturated rings. The molecule has 0 aliphatic carbocycles. The Labute approximate surface area is 228 Å². The third kappa shape index (κ3) is 6.33. The topological polar surface area (TPSA) is 18.5 Å². The van der Waals surface area contributed by atoms with Crippen molar-refractivity contribution >= 4 is 0 Å². The Kier molecular flexibility index (Phi) is 9.19. The van der Waals surface area contributed by atoms with Crippen LogP contribution in [0, 0.1) is 29.1 Å². The van der Waals surface area contributed by atoms with E-state index < -0.39 is 48.3 Å². The van der Waals surface area contributed by atoms with Crippen LogP contribution in [-0.2, 0) is 12.8 Å². The minimum absolute atomic E-state index is 0.111. The van der Waals surface area contributed by atoms with Gasteiger partial charge in [0.15, 0.2) is 34.8 Å². The van der Waals surface area contributed by atoms with Crippen LogP contribution >= 0.6 is 0 Å². The van der Waals surface area contributed by atoms with E-state index in [9.17, 15) is 26.3 Å². The fraction of sp³-hybridized carbons (Fsp3) is 0.188. The summed E-state index contributed by atoms with van der Waals surface area (Å²) in [7, 11) is 1.19. The molecule has 0 aromatic heterocycles. The Morgan fingerprint density at radius 2 is 1.35 bits per heavy atom. The maximum atomic E-state index is 14.7. The van der Waals surface area contributed by atoms with Gasteiger partial charge in [-0.05, 0) is 58.9 Å². The summed E-state index contributed by atoms with van der Waals surface area (Å²) in [6, 6.07) is 16.1. The van der Waals surface area contributed by atoms with Crippen molar-refractivity contribution in [2.75, 3.05) is 13.7 Å². The summed E-state index contributed by atoms with van der Waals surface area (Å²) in [6.07, 6.45) is 0.323. The van der Waals surface area contributed by atoms with Gasteiger partial charge < -0.3 is 9.47 Å². The third-order valence-electron chi connectivity index (χ3n) is 6.45.